The number of carbonyl (C=O) groups excluding carboxylic acids is 1. The highest BCUT2D eigenvalue weighted by atomic mass is 79.9. The third-order valence-electron chi connectivity index (χ3n) is 2.07. The van der Waals surface area contributed by atoms with Gasteiger partial charge in [0, 0.05) is 13.1 Å². The van der Waals surface area contributed by atoms with E-state index in [0.29, 0.717) is 10.0 Å². The molecule has 92 valence electrons. The minimum atomic E-state index is -0.548. The highest BCUT2D eigenvalue weighted by molar-refractivity contribution is 9.10. The van der Waals surface area contributed by atoms with E-state index in [2.05, 4.69) is 21.2 Å². The van der Waals surface area contributed by atoms with Crippen LogP contribution in [-0.2, 0) is 4.79 Å². The van der Waals surface area contributed by atoms with E-state index >= 15 is 0 Å². The maximum absolute atomic E-state index is 11.3. The largest absolute Gasteiger partial charge is 0.354 e. The molecule has 0 fully saturated rings. The number of nitro benzene ring substituents is 1. The third kappa shape index (κ3) is 3.15. The van der Waals surface area contributed by atoms with Crippen molar-refractivity contribution >= 4 is 33.6 Å². The van der Waals surface area contributed by atoms with Crippen molar-refractivity contribution in [2.45, 2.75) is 0 Å². The van der Waals surface area contributed by atoms with E-state index in [1.165, 1.54) is 25.3 Å². The number of benzene rings is 1. The van der Waals surface area contributed by atoms with Crippen molar-refractivity contribution in [3.05, 3.63) is 43.9 Å². The van der Waals surface area contributed by atoms with Gasteiger partial charge in [0.1, 0.15) is 11.6 Å². The van der Waals surface area contributed by atoms with Crippen LogP contribution < -0.4 is 5.32 Å². The molecule has 0 atom stereocenters. The molecule has 0 spiro atoms. The lowest BCUT2D eigenvalue weighted by molar-refractivity contribution is -0.385. The number of likely N-dealkylation sites (N-methyl/N-ethyl adjacent to an activating group) is 1. The van der Waals surface area contributed by atoms with E-state index in [9.17, 15) is 14.9 Å². The van der Waals surface area contributed by atoms with Gasteiger partial charge in [0.05, 0.1) is 9.40 Å². The van der Waals surface area contributed by atoms with Crippen molar-refractivity contribution in [2.75, 3.05) is 7.05 Å². The second-order valence-corrected chi connectivity index (χ2v) is 4.07. The molecule has 1 N–H and O–H groups in total. The number of halogens is 1. The van der Waals surface area contributed by atoms with E-state index in [1.54, 1.807) is 12.1 Å². The van der Waals surface area contributed by atoms with Gasteiger partial charge >= 0.3 is 0 Å². The Morgan fingerprint density at radius 3 is 2.78 bits per heavy atom. The molecule has 0 saturated carbocycles. The zero-order valence-corrected chi connectivity index (χ0v) is 10.9. The minimum Gasteiger partial charge on any atom is -0.354 e. The predicted molar refractivity (Wildman–Crippen MR) is 68.5 cm³/mol. The highest BCUT2D eigenvalue weighted by Crippen LogP contribution is 2.26. The Hall–Kier alpha value is -2.20. The minimum absolute atomic E-state index is 0.117. The van der Waals surface area contributed by atoms with Crippen molar-refractivity contribution < 1.29 is 9.72 Å². The summed E-state index contributed by atoms with van der Waals surface area (Å²) < 4.78 is 0.336. The van der Waals surface area contributed by atoms with Crippen molar-refractivity contribution in [3.63, 3.8) is 0 Å². The SMILES string of the molecule is CNC(=O)/C(C#N)=C/c1ccc(Br)c([N+](=O)[O-])c1. The summed E-state index contributed by atoms with van der Waals surface area (Å²) in [7, 11) is 1.40. The highest BCUT2D eigenvalue weighted by Gasteiger charge is 2.13. The number of hydrogen-bond acceptors (Lipinski definition) is 4. The second kappa shape index (κ2) is 5.93. The molecule has 7 heteroatoms. The number of nitro groups is 1. The molecule has 18 heavy (non-hydrogen) atoms. The van der Waals surface area contributed by atoms with Gasteiger partial charge < -0.3 is 5.32 Å². The summed E-state index contributed by atoms with van der Waals surface area (Å²) >= 11 is 3.05. The Morgan fingerprint density at radius 1 is 1.61 bits per heavy atom. The number of nitriles is 1. The summed E-state index contributed by atoms with van der Waals surface area (Å²) in [6, 6.07) is 6.07. The average Bonchev–Trinajstić information content (AvgIpc) is 2.36. The molecule has 0 aliphatic rings. The molecule has 0 bridgehead atoms. The van der Waals surface area contributed by atoms with Gasteiger partial charge in [-0.25, -0.2) is 0 Å². The van der Waals surface area contributed by atoms with Gasteiger partial charge in [-0.15, -0.1) is 0 Å². The van der Waals surface area contributed by atoms with E-state index in [0.717, 1.165) is 0 Å². The summed E-state index contributed by atoms with van der Waals surface area (Å²) in [4.78, 5) is 21.5. The monoisotopic (exact) mass is 309 g/mol. The van der Waals surface area contributed by atoms with E-state index in [-0.39, 0.29) is 11.3 Å². The number of amides is 1. The summed E-state index contributed by atoms with van der Waals surface area (Å²) in [6.45, 7) is 0. The molecule has 0 saturated heterocycles. The first-order valence-corrected chi connectivity index (χ1v) is 5.56. The topological polar surface area (TPSA) is 96.0 Å². The lowest BCUT2D eigenvalue weighted by atomic mass is 10.1. The van der Waals surface area contributed by atoms with Crippen LogP contribution in [0.15, 0.2) is 28.2 Å². The van der Waals surface area contributed by atoms with Crippen molar-refractivity contribution in [1.82, 2.24) is 5.32 Å². The molecule has 0 aliphatic heterocycles. The Morgan fingerprint density at radius 2 is 2.28 bits per heavy atom. The van der Waals surface area contributed by atoms with Crippen LogP contribution >= 0.6 is 15.9 Å². The second-order valence-electron chi connectivity index (χ2n) is 3.22. The number of hydrogen-bond donors (Lipinski definition) is 1. The van der Waals surface area contributed by atoms with Crippen LogP contribution in [0.4, 0.5) is 5.69 Å². The van der Waals surface area contributed by atoms with Crippen LogP contribution in [0, 0.1) is 21.4 Å². The van der Waals surface area contributed by atoms with E-state index in [1.807, 2.05) is 0 Å². The fourth-order valence-corrected chi connectivity index (χ4v) is 1.60. The lowest BCUT2D eigenvalue weighted by Gasteiger charge is -1.99. The zero-order chi connectivity index (χ0) is 13.7. The van der Waals surface area contributed by atoms with Gasteiger partial charge in [-0.2, -0.15) is 5.26 Å². The molecule has 6 nitrogen and oxygen atoms in total. The molecular formula is C11H8BrN3O3. The molecule has 0 radical (unpaired) electrons. The van der Waals surface area contributed by atoms with E-state index < -0.39 is 10.8 Å². The molecule has 1 amide bonds. The Balaban J connectivity index is 3.23. The van der Waals surface area contributed by atoms with Crippen LogP contribution in [0.2, 0.25) is 0 Å². The molecule has 0 unspecified atom stereocenters. The van der Waals surface area contributed by atoms with Gasteiger partial charge in [-0.05, 0) is 33.6 Å². The Bertz CT molecular complexity index is 575. The fourth-order valence-electron chi connectivity index (χ4n) is 1.21. The third-order valence-corrected chi connectivity index (χ3v) is 2.74. The Kier molecular flexibility index (Phi) is 4.57. The van der Waals surface area contributed by atoms with Crippen LogP contribution in [-0.4, -0.2) is 17.9 Å². The lowest BCUT2D eigenvalue weighted by Crippen LogP contribution is -2.19. The summed E-state index contributed by atoms with van der Waals surface area (Å²) in [6.07, 6.45) is 1.29. The standard InChI is InChI=1S/C11H8BrN3O3/c1-14-11(16)8(6-13)4-7-2-3-9(12)10(5-7)15(17)18/h2-5H,1H3,(H,14,16)/b8-4+. The smallest absolute Gasteiger partial charge is 0.284 e. The maximum atomic E-state index is 11.3. The number of carbonyl (C=O) groups is 1. The van der Waals surface area contributed by atoms with Gasteiger partial charge in [-0.3, -0.25) is 14.9 Å². The first-order valence-electron chi connectivity index (χ1n) is 4.77. The van der Waals surface area contributed by atoms with Gasteiger partial charge in [0.15, 0.2) is 0 Å². The summed E-state index contributed by atoms with van der Waals surface area (Å²) in [5.41, 5.74) is 0.164. The molecule has 0 aliphatic carbocycles. The molecular weight excluding hydrogens is 302 g/mol. The fraction of sp³-hybridized carbons (Fsp3) is 0.0909. The van der Waals surface area contributed by atoms with Crippen LogP contribution in [0.5, 0.6) is 0 Å². The van der Waals surface area contributed by atoms with Gasteiger partial charge in [0.25, 0.3) is 11.6 Å². The van der Waals surface area contributed by atoms with Crippen LogP contribution in [0.25, 0.3) is 6.08 Å². The van der Waals surface area contributed by atoms with Gasteiger partial charge in [-0.1, -0.05) is 6.07 Å². The quantitative estimate of drug-likeness (QED) is 0.400. The van der Waals surface area contributed by atoms with E-state index in [4.69, 9.17) is 5.26 Å². The molecule has 0 aromatic heterocycles. The Labute approximate surface area is 111 Å². The first-order chi connectivity index (χ1) is 8.49. The zero-order valence-electron chi connectivity index (χ0n) is 9.31. The van der Waals surface area contributed by atoms with Crippen molar-refractivity contribution in [1.29, 1.82) is 5.26 Å². The molecule has 1 aromatic rings. The average molecular weight is 310 g/mol. The number of rotatable bonds is 3. The number of nitrogens with one attached hydrogen (secondary N) is 1. The molecule has 1 aromatic carbocycles. The van der Waals surface area contributed by atoms with Crippen LogP contribution in [0.3, 0.4) is 0 Å². The summed E-state index contributed by atoms with van der Waals surface area (Å²) in [5, 5.41) is 21.8. The van der Waals surface area contributed by atoms with Crippen molar-refractivity contribution in [2.24, 2.45) is 0 Å². The molecule has 1 rings (SSSR count). The normalized spacial score (nSPS) is 10.6. The number of nitrogens with zero attached hydrogens (tertiary/aromatic N) is 2. The first kappa shape index (κ1) is 13.9. The molecule has 0 heterocycles. The summed E-state index contributed by atoms with van der Waals surface area (Å²) in [5.74, 6) is -0.539. The predicted octanol–water partition coefficient (Wildman–Crippen LogP) is 2.01. The van der Waals surface area contributed by atoms with Gasteiger partial charge in [0.2, 0.25) is 0 Å². The van der Waals surface area contributed by atoms with Crippen LogP contribution in [0.1, 0.15) is 5.56 Å². The van der Waals surface area contributed by atoms with Crippen molar-refractivity contribution in [3.8, 4) is 6.07 Å². The maximum Gasteiger partial charge on any atom is 0.284 e.